The van der Waals surface area contributed by atoms with Crippen molar-refractivity contribution >= 4 is 21.0 Å². The Kier molecular flexibility index (Phi) is 20.6. The number of aryl methyl sites for hydroxylation is 6. The molecule has 0 saturated heterocycles. The lowest BCUT2D eigenvalue weighted by Crippen LogP contribution is -2.21. The second-order valence-electron chi connectivity index (χ2n) is 13.6. The van der Waals surface area contributed by atoms with E-state index in [0.29, 0.717) is 0 Å². The Morgan fingerprint density at radius 2 is 0.804 bits per heavy atom. The monoisotopic (exact) mass is 748 g/mol. The largest absolute Gasteiger partial charge is 0.741 e. The van der Waals surface area contributed by atoms with Crippen molar-refractivity contribution in [2.45, 2.75) is 177 Å². The predicted molar refractivity (Wildman–Crippen MR) is 209 cm³/mol. The van der Waals surface area contributed by atoms with E-state index < -0.39 is 15.6 Å². The predicted octanol–water partition coefficient (Wildman–Crippen LogP) is 12.9. The van der Waals surface area contributed by atoms with Gasteiger partial charge in [-0.1, -0.05) is 123 Å². The average Bonchev–Trinajstić information content (AvgIpc) is 3.10. The fraction of sp³-hybridized carbons (Fsp3) is 0.581. The van der Waals surface area contributed by atoms with E-state index in [1.165, 1.54) is 120 Å². The van der Waals surface area contributed by atoms with Crippen molar-refractivity contribution in [1.29, 1.82) is 0 Å². The minimum atomic E-state index is -6.09. The average molecular weight is 749 g/mol. The van der Waals surface area contributed by atoms with Crippen molar-refractivity contribution in [2.75, 3.05) is 0 Å². The fourth-order valence-corrected chi connectivity index (χ4v) is 9.13. The molecule has 3 aromatic rings. The maximum Gasteiger partial charge on any atom is 0.485 e. The van der Waals surface area contributed by atoms with E-state index in [9.17, 15) is 13.2 Å². The summed E-state index contributed by atoms with van der Waals surface area (Å²) >= 11 is 0. The summed E-state index contributed by atoms with van der Waals surface area (Å²) in [6.07, 6.45) is 22.4. The highest BCUT2D eigenvalue weighted by atomic mass is 32.2. The molecule has 8 heteroatoms. The molecule has 0 heterocycles. The Labute approximate surface area is 311 Å². The van der Waals surface area contributed by atoms with Crippen molar-refractivity contribution in [3.8, 4) is 0 Å². The molecule has 0 saturated carbocycles. The molecule has 0 bridgehead atoms. The molecule has 0 radical (unpaired) electrons. The molecule has 3 aromatic carbocycles. The zero-order chi connectivity index (χ0) is 37.9. The maximum atomic E-state index is 10.7. The van der Waals surface area contributed by atoms with Gasteiger partial charge < -0.3 is 4.55 Å². The van der Waals surface area contributed by atoms with Gasteiger partial charge in [0.2, 0.25) is 0 Å². The normalized spacial score (nSPS) is 11.9. The highest BCUT2D eigenvalue weighted by Crippen LogP contribution is 2.42. The summed E-state index contributed by atoms with van der Waals surface area (Å²) in [5, 5.41) is 0. The summed E-state index contributed by atoms with van der Waals surface area (Å²) in [6.45, 7) is 14.1. The summed E-state index contributed by atoms with van der Waals surface area (Å²) in [6, 6.07) is 22.2. The van der Waals surface area contributed by atoms with Crippen LogP contribution in [0.2, 0.25) is 0 Å². The van der Waals surface area contributed by atoms with Crippen LogP contribution in [0, 0.1) is 0 Å². The number of benzene rings is 3. The van der Waals surface area contributed by atoms with Crippen LogP contribution in [0.25, 0.3) is 0 Å². The molecule has 3 nitrogen and oxygen atoms in total. The summed E-state index contributed by atoms with van der Waals surface area (Å²) < 4.78 is 58.9. The molecule has 0 amide bonds. The number of rotatable bonds is 21. The zero-order valence-electron chi connectivity index (χ0n) is 32.1. The summed E-state index contributed by atoms with van der Waals surface area (Å²) in [7, 11) is -6.19. The van der Waals surface area contributed by atoms with E-state index in [2.05, 4.69) is 96.1 Å². The summed E-state index contributed by atoms with van der Waals surface area (Å²) in [5.74, 6) is 0. The van der Waals surface area contributed by atoms with Gasteiger partial charge in [-0.25, -0.2) is 8.42 Å². The first-order valence-electron chi connectivity index (χ1n) is 19.5. The van der Waals surface area contributed by atoms with E-state index >= 15 is 0 Å². The fourth-order valence-electron chi connectivity index (χ4n) is 6.33. The first kappa shape index (κ1) is 44.9. The number of halogens is 3. The molecule has 0 atom stereocenters. The van der Waals surface area contributed by atoms with E-state index in [-0.39, 0.29) is 10.9 Å². The molecule has 0 N–H and O–H groups in total. The lowest BCUT2D eigenvalue weighted by Gasteiger charge is -2.22. The number of hydrogen-bond donors (Lipinski definition) is 0. The molecule has 51 heavy (non-hydrogen) atoms. The van der Waals surface area contributed by atoms with Crippen molar-refractivity contribution in [3.63, 3.8) is 0 Å². The molecule has 286 valence electrons. The Balaban J connectivity index is 0.00000100. The third-order valence-corrected chi connectivity index (χ3v) is 12.3. The van der Waals surface area contributed by atoms with E-state index in [0.717, 1.165) is 0 Å². The molecule has 3 rings (SSSR count). The minimum absolute atomic E-state index is 0.103. The molecule has 0 spiro atoms. The molecule has 0 fully saturated rings. The van der Waals surface area contributed by atoms with Gasteiger partial charge in [0.1, 0.15) is 10.9 Å². The Morgan fingerprint density at radius 3 is 1.06 bits per heavy atom. The molecule has 0 unspecified atom stereocenters. The molecular weight excluding hydrogens is 686 g/mol. The van der Waals surface area contributed by atoms with Crippen LogP contribution in [-0.4, -0.2) is 18.5 Å². The smallest absolute Gasteiger partial charge is 0.485 e. The van der Waals surface area contributed by atoms with Gasteiger partial charge in [0.05, 0.1) is 0 Å². The Morgan fingerprint density at radius 1 is 0.529 bits per heavy atom. The zero-order valence-corrected chi connectivity index (χ0v) is 33.7. The third kappa shape index (κ3) is 14.6. The van der Waals surface area contributed by atoms with Gasteiger partial charge in [0.15, 0.2) is 24.8 Å². The van der Waals surface area contributed by atoms with Gasteiger partial charge in [-0.15, -0.1) is 0 Å². The summed E-state index contributed by atoms with van der Waals surface area (Å²) in [4.78, 5) is 4.88. The van der Waals surface area contributed by atoms with E-state index in [1.54, 1.807) is 43.2 Å². The molecular formula is C43H63F3O3S2. The highest BCUT2D eigenvalue weighted by molar-refractivity contribution is 7.97. The quantitative estimate of drug-likeness (QED) is 0.0619. The molecule has 0 aliphatic heterocycles. The van der Waals surface area contributed by atoms with Crippen LogP contribution < -0.4 is 0 Å². The van der Waals surface area contributed by atoms with Gasteiger partial charge in [-0.3, -0.25) is 0 Å². The van der Waals surface area contributed by atoms with Crippen molar-refractivity contribution in [1.82, 2.24) is 0 Å². The molecule has 0 aliphatic carbocycles. The van der Waals surface area contributed by atoms with Gasteiger partial charge >= 0.3 is 5.51 Å². The number of hydrogen-bond acceptors (Lipinski definition) is 3. The summed E-state index contributed by atoms with van der Waals surface area (Å²) in [5.41, 5.74) is 4.09. The molecule has 0 aromatic heterocycles. The van der Waals surface area contributed by atoms with E-state index in [4.69, 9.17) is 13.0 Å². The van der Waals surface area contributed by atoms with Crippen LogP contribution in [0.3, 0.4) is 0 Å². The molecule has 0 aliphatic rings. The maximum absolute atomic E-state index is 10.7. The van der Waals surface area contributed by atoms with Crippen LogP contribution in [0.5, 0.6) is 0 Å². The van der Waals surface area contributed by atoms with Gasteiger partial charge in [0.25, 0.3) is 0 Å². The van der Waals surface area contributed by atoms with Gasteiger partial charge in [-0.05, 0) is 100 Å². The second kappa shape index (κ2) is 23.4. The lowest BCUT2D eigenvalue weighted by atomic mass is 9.96. The Hall–Kier alpha value is -2.29. The SMILES string of the molecule is CCCCc1cc(CCCC)c([S+](c2ccccc2)c2c(CCCC)cc(CCCC)cc2CCCC)c(CCCC)c1.O=S(=O)([O-])C(F)(F)F. The third-order valence-electron chi connectivity index (χ3n) is 9.11. The second-order valence-corrected chi connectivity index (χ2v) is 16.9. The van der Waals surface area contributed by atoms with Crippen molar-refractivity contribution in [3.05, 3.63) is 88.0 Å². The van der Waals surface area contributed by atoms with Crippen molar-refractivity contribution < 1.29 is 26.1 Å². The number of unbranched alkanes of at least 4 members (excludes halogenated alkanes) is 6. The van der Waals surface area contributed by atoms with Crippen LogP contribution in [0.4, 0.5) is 13.2 Å². The minimum Gasteiger partial charge on any atom is -0.741 e. The Bertz CT molecular complexity index is 1400. The van der Waals surface area contributed by atoms with Crippen LogP contribution in [-0.2, 0) is 59.5 Å². The highest BCUT2D eigenvalue weighted by Gasteiger charge is 2.38. The van der Waals surface area contributed by atoms with Crippen molar-refractivity contribution in [2.24, 2.45) is 0 Å². The first-order valence-corrected chi connectivity index (χ1v) is 22.1. The van der Waals surface area contributed by atoms with Crippen LogP contribution in [0.15, 0.2) is 69.3 Å². The standard InChI is InChI=1S/C42H63S.CHF3O3S/c1-7-13-22-34-30-36(24-15-9-3)41(37(31-34)25-16-10-4)43(40-28-20-19-21-29-40)42-38(26-17-11-5)32-35(23-14-8-2)33-39(42)27-18-12-6;2-1(3,4)8(5,6)7/h19-21,28-33H,7-18,22-27H2,1-6H3;(H,5,6,7)/q+1;/p-1. The lowest BCUT2D eigenvalue weighted by molar-refractivity contribution is -0.0517. The topological polar surface area (TPSA) is 57.2 Å². The van der Waals surface area contributed by atoms with E-state index in [1.807, 2.05) is 0 Å². The van der Waals surface area contributed by atoms with Crippen LogP contribution >= 0.6 is 0 Å². The van der Waals surface area contributed by atoms with Gasteiger partial charge in [-0.2, -0.15) is 13.2 Å². The van der Waals surface area contributed by atoms with Gasteiger partial charge in [0, 0.05) is 22.3 Å². The van der Waals surface area contributed by atoms with Crippen LogP contribution in [0.1, 0.15) is 152 Å². The first-order chi connectivity index (χ1) is 24.4. The number of alkyl halides is 3.